The highest BCUT2D eigenvalue weighted by Gasteiger charge is 2.10. The third-order valence-electron chi connectivity index (χ3n) is 2.85. The van der Waals surface area contributed by atoms with Gasteiger partial charge in [-0.1, -0.05) is 12.1 Å². The van der Waals surface area contributed by atoms with Gasteiger partial charge in [-0.3, -0.25) is 4.90 Å². The summed E-state index contributed by atoms with van der Waals surface area (Å²) in [7, 11) is 0. The Bertz CT molecular complexity index is 409. The molecule has 1 aromatic carbocycles. The summed E-state index contributed by atoms with van der Waals surface area (Å²) in [5.74, 6) is 0. The first-order valence-electron chi connectivity index (χ1n) is 5.81. The maximum atomic E-state index is 8.12. The second kappa shape index (κ2) is 7.61. The predicted molar refractivity (Wildman–Crippen MR) is 66.7 cm³/mol. The number of morpholine rings is 1. The van der Waals surface area contributed by atoms with Gasteiger partial charge in [-0.15, -0.1) is 0 Å². The topological polar surface area (TPSA) is 72.6 Å². The molecule has 18 heavy (non-hydrogen) atoms. The van der Waals surface area contributed by atoms with Crippen LogP contribution < -0.4 is 5.73 Å². The van der Waals surface area contributed by atoms with Gasteiger partial charge < -0.3 is 10.5 Å². The van der Waals surface area contributed by atoms with Gasteiger partial charge in [0, 0.05) is 25.3 Å². The average Bonchev–Trinajstić information content (AvgIpc) is 2.36. The lowest BCUT2D eigenvalue weighted by atomic mass is 10.1. The van der Waals surface area contributed by atoms with E-state index in [2.05, 4.69) is 23.1 Å². The van der Waals surface area contributed by atoms with Gasteiger partial charge in [-0.05, 0) is 24.1 Å². The van der Waals surface area contributed by atoms with Gasteiger partial charge >= 0.3 is 6.15 Å². The van der Waals surface area contributed by atoms with Crippen LogP contribution in [0.15, 0.2) is 18.2 Å². The van der Waals surface area contributed by atoms with Crippen LogP contribution in [-0.2, 0) is 20.9 Å². The minimum absolute atomic E-state index is 0.250. The molecule has 0 aliphatic carbocycles. The van der Waals surface area contributed by atoms with Gasteiger partial charge in [0.25, 0.3) is 0 Å². The molecule has 0 saturated carbocycles. The maximum absolute atomic E-state index is 8.12. The SMILES string of the molecule is Cc1ccc(CN2CCOCC2)cc1N.O=C=O. The largest absolute Gasteiger partial charge is 0.399 e. The summed E-state index contributed by atoms with van der Waals surface area (Å²) in [6, 6.07) is 6.32. The van der Waals surface area contributed by atoms with E-state index in [4.69, 9.17) is 20.1 Å². The van der Waals surface area contributed by atoms with Crippen LogP contribution in [0.5, 0.6) is 0 Å². The molecule has 1 aromatic rings. The molecule has 0 amide bonds. The van der Waals surface area contributed by atoms with Crippen molar-refractivity contribution in [3.8, 4) is 0 Å². The van der Waals surface area contributed by atoms with Crippen LogP contribution in [0.4, 0.5) is 5.69 Å². The van der Waals surface area contributed by atoms with E-state index in [1.165, 1.54) is 5.56 Å². The summed E-state index contributed by atoms with van der Waals surface area (Å²) in [6.45, 7) is 6.76. The molecular weight excluding hydrogens is 232 g/mol. The Balaban J connectivity index is 0.000000492. The van der Waals surface area contributed by atoms with E-state index in [-0.39, 0.29) is 6.15 Å². The second-order valence-corrected chi connectivity index (χ2v) is 4.16. The van der Waals surface area contributed by atoms with Crippen LogP contribution in [0.3, 0.4) is 0 Å². The van der Waals surface area contributed by atoms with Crippen LogP contribution in [-0.4, -0.2) is 37.4 Å². The Morgan fingerprint density at radius 2 is 1.94 bits per heavy atom. The maximum Gasteiger partial charge on any atom is 0.373 e. The molecule has 1 saturated heterocycles. The van der Waals surface area contributed by atoms with Crippen molar-refractivity contribution in [2.45, 2.75) is 13.5 Å². The van der Waals surface area contributed by atoms with Crippen molar-refractivity contribution in [1.82, 2.24) is 4.90 Å². The van der Waals surface area contributed by atoms with Crippen molar-refractivity contribution in [3.63, 3.8) is 0 Å². The standard InChI is InChI=1S/C12H18N2O.CO2/c1-10-2-3-11(8-12(10)13)9-14-4-6-15-7-5-14;2-1-3/h2-3,8H,4-7,9,13H2,1H3;. The molecule has 0 spiro atoms. The van der Waals surface area contributed by atoms with Crippen LogP contribution in [0.1, 0.15) is 11.1 Å². The molecule has 98 valence electrons. The van der Waals surface area contributed by atoms with Crippen LogP contribution in [0.2, 0.25) is 0 Å². The van der Waals surface area contributed by atoms with Gasteiger partial charge in [0.2, 0.25) is 0 Å². The lowest BCUT2D eigenvalue weighted by Crippen LogP contribution is -2.35. The Labute approximate surface area is 107 Å². The Morgan fingerprint density at radius 3 is 2.50 bits per heavy atom. The Morgan fingerprint density at radius 1 is 1.33 bits per heavy atom. The number of aryl methyl sites for hydroxylation is 1. The molecule has 2 rings (SSSR count). The highest BCUT2D eigenvalue weighted by atomic mass is 16.5. The number of nitrogens with two attached hydrogens (primary N) is 1. The fraction of sp³-hybridized carbons (Fsp3) is 0.462. The lowest BCUT2D eigenvalue weighted by molar-refractivity contribution is -0.191. The molecular formula is C13H18N2O3. The first kappa shape index (κ1) is 14.4. The van der Waals surface area contributed by atoms with E-state index in [0.29, 0.717) is 0 Å². The van der Waals surface area contributed by atoms with Gasteiger partial charge in [0.15, 0.2) is 0 Å². The monoisotopic (exact) mass is 250 g/mol. The Kier molecular flexibility index (Phi) is 6.08. The fourth-order valence-corrected chi connectivity index (χ4v) is 1.81. The smallest absolute Gasteiger partial charge is 0.373 e. The number of ether oxygens (including phenoxy) is 1. The zero-order valence-corrected chi connectivity index (χ0v) is 10.5. The number of hydrogen-bond donors (Lipinski definition) is 1. The molecule has 5 heteroatoms. The highest BCUT2D eigenvalue weighted by molar-refractivity contribution is 5.48. The zero-order valence-electron chi connectivity index (χ0n) is 10.5. The number of rotatable bonds is 2. The first-order chi connectivity index (χ1) is 8.67. The zero-order chi connectivity index (χ0) is 13.4. The van der Waals surface area contributed by atoms with Crippen molar-refractivity contribution in [3.05, 3.63) is 29.3 Å². The van der Waals surface area contributed by atoms with E-state index in [1.54, 1.807) is 0 Å². The summed E-state index contributed by atoms with van der Waals surface area (Å²) in [6.07, 6.45) is 0.250. The van der Waals surface area contributed by atoms with E-state index >= 15 is 0 Å². The number of benzene rings is 1. The van der Waals surface area contributed by atoms with Crippen molar-refractivity contribution in [2.75, 3.05) is 32.0 Å². The number of nitrogens with zero attached hydrogens (tertiary/aromatic N) is 1. The molecule has 2 N–H and O–H groups in total. The summed E-state index contributed by atoms with van der Waals surface area (Å²) in [5, 5.41) is 0. The lowest BCUT2D eigenvalue weighted by Gasteiger charge is -2.26. The first-order valence-corrected chi connectivity index (χ1v) is 5.81. The second-order valence-electron chi connectivity index (χ2n) is 4.16. The molecule has 0 radical (unpaired) electrons. The van der Waals surface area contributed by atoms with E-state index < -0.39 is 0 Å². The summed E-state index contributed by atoms with van der Waals surface area (Å²) >= 11 is 0. The molecule has 1 aliphatic heterocycles. The fourth-order valence-electron chi connectivity index (χ4n) is 1.81. The highest BCUT2D eigenvalue weighted by Crippen LogP contribution is 2.15. The van der Waals surface area contributed by atoms with E-state index in [0.717, 1.165) is 44.1 Å². The molecule has 1 fully saturated rings. The normalized spacial score (nSPS) is 15.4. The van der Waals surface area contributed by atoms with Gasteiger partial charge in [0.1, 0.15) is 0 Å². The van der Waals surface area contributed by atoms with Crippen molar-refractivity contribution < 1.29 is 14.3 Å². The minimum atomic E-state index is 0.250. The Hall–Kier alpha value is -1.68. The van der Waals surface area contributed by atoms with E-state index in [9.17, 15) is 0 Å². The third-order valence-corrected chi connectivity index (χ3v) is 2.85. The molecule has 0 bridgehead atoms. The summed E-state index contributed by atoms with van der Waals surface area (Å²) in [5.41, 5.74) is 9.22. The van der Waals surface area contributed by atoms with Gasteiger partial charge in [-0.2, -0.15) is 9.59 Å². The minimum Gasteiger partial charge on any atom is -0.399 e. The molecule has 5 nitrogen and oxygen atoms in total. The molecule has 1 aliphatic rings. The molecule has 0 atom stereocenters. The summed E-state index contributed by atoms with van der Waals surface area (Å²) < 4.78 is 5.31. The van der Waals surface area contributed by atoms with Crippen LogP contribution in [0, 0.1) is 6.92 Å². The number of anilines is 1. The van der Waals surface area contributed by atoms with Crippen molar-refractivity contribution in [2.24, 2.45) is 0 Å². The molecule has 0 unspecified atom stereocenters. The van der Waals surface area contributed by atoms with Gasteiger partial charge in [0.05, 0.1) is 13.2 Å². The molecule has 1 heterocycles. The van der Waals surface area contributed by atoms with Crippen molar-refractivity contribution >= 4 is 11.8 Å². The van der Waals surface area contributed by atoms with Crippen LogP contribution in [0.25, 0.3) is 0 Å². The number of hydrogen-bond acceptors (Lipinski definition) is 5. The van der Waals surface area contributed by atoms with Crippen LogP contribution >= 0.6 is 0 Å². The number of nitrogen functional groups attached to an aromatic ring is 1. The van der Waals surface area contributed by atoms with Crippen molar-refractivity contribution in [1.29, 1.82) is 0 Å². The molecule has 0 aromatic heterocycles. The third kappa shape index (κ3) is 4.67. The summed E-state index contributed by atoms with van der Waals surface area (Å²) in [4.78, 5) is 18.6. The average molecular weight is 250 g/mol. The quantitative estimate of drug-likeness (QED) is 0.787. The van der Waals surface area contributed by atoms with Gasteiger partial charge in [-0.25, -0.2) is 0 Å². The number of carbonyl (C=O) groups excluding carboxylic acids is 2. The van der Waals surface area contributed by atoms with E-state index in [1.807, 2.05) is 6.92 Å². The predicted octanol–water partition coefficient (Wildman–Crippen LogP) is 0.826.